The molecule has 146 valence electrons. The molecule has 2 N–H and O–H groups in total. The van der Waals surface area contributed by atoms with Crippen LogP contribution in [0.3, 0.4) is 0 Å². The SMILES string of the molecule is Cc1cc(C)n(-c2ccc(/C(N)=N/OCc3c(Cl)ccc4cccnc34)cn2)n1. The predicted octanol–water partition coefficient (Wildman–Crippen LogP) is 3.92. The number of hydrogen-bond acceptors (Lipinski definition) is 5. The van der Waals surface area contributed by atoms with E-state index in [-0.39, 0.29) is 12.4 Å². The summed E-state index contributed by atoms with van der Waals surface area (Å²) in [7, 11) is 0. The second-order valence-electron chi connectivity index (χ2n) is 6.60. The Labute approximate surface area is 172 Å². The number of fused-ring (bicyclic) bond motifs is 1. The molecule has 0 amide bonds. The Morgan fingerprint density at radius 2 is 2.03 bits per heavy atom. The van der Waals surface area contributed by atoms with Crippen LogP contribution in [0.15, 0.2) is 60.0 Å². The average Bonchev–Trinajstić information content (AvgIpc) is 3.07. The van der Waals surface area contributed by atoms with E-state index >= 15 is 0 Å². The quantitative estimate of drug-likeness (QED) is 0.308. The number of pyridine rings is 2. The first-order chi connectivity index (χ1) is 14.0. The molecule has 0 aliphatic carbocycles. The van der Waals surface area contributed by atoms with Gasteiger partial charge in [0.05, 0.1) is 11.2 Å². The zero-order valence-corrected chi connectivity index (χ0v) is 16.8. The highest BCUT2D eigenvalue weighted by Crippen LogP contribution is 2.25. The minimum absolute atomic E-state index is 0.158. The maximum absolute atomic E-state index is 6.31. The zero-order valence-electron chi connectivity index (χ0n) is 16.0. The largest absolute Gasteiger partial charge is 0.389 e. The van der Waals surface area contributed by atoms with Crippen molar-refractivity contribution in [2.45, 2.75) is 20.5 Å². The topological polar surface area (TPSA) is 91.2 Å². The maximum Gasteiger partial charge on any atom is 0.171 e. The van der Waals surface area contributed by atoms with Crippen LogP contribution < -0.4 is 5.73 Å². The first-order valence-electron chi connectivity index (χ1n) is 9.00. The van der Waals surface area contributed by atoms with Crippen LogP contribution >= 0.6 is 11.6 Å². The lowest BCUT2D eigenvalue weighted by molar-refractivity contribution is 0.131. The van der Waals surface area contributed by atoms with Crippen LogP contribution in [-0.2, 0) is 11.4 Å². The minimum atomic E-state index is 0.158. The molecule has 7 nitrogen and oxygen atoms in total. The van der Waals surface area contributed by atoms with Gasteiger partial charge in [0.15, 0.2) is 11.7 Å². The second kappa shape index (κ2) is 7.89. The molecule has 4 aromatic rings. The van der Waals surface area contributed by atoms with Gasteiger partial charge in [0.1, 0.15) is 6.61 Å². The summed E-state index contributed by atoms with van der Waals surface area (Å²) in [6.07, 6.45) is 3.36. The van der Waals surface area contributed by atoms with Crippen molar-refractivity contribution in [3.8, 4) is 5.82 Å². The maximum atomic E-state index is 6.31. The molecule has 8 heteroatoms. The van der Waals surface area contributed by atoms with E-state index in [1.165, 1.54) is 0 Å². The molecular weight excluding hydrogens is 388 g/mol. The summed E-state index contributed by atoms with van der Waals surface area (Å²) in [6, 6.07) is 13.2. The summed E-state index contributed by atoms with van der Waals surface area (Å²) in [5, 5.41) is 9.98. The van der Waals surface area contributed by atoms with Gasteiger partial charge in [0.2, 0.25) is 0 Å². The molecule has 0 saturated heterocycles. The van der Waals surface area contributed by atoms with Crippen LogP contribution in [0.4, 0.5) is 0 Å². The molecule has 29 heavy (non-hydrogen) atoms. The molecule has 0 saturated carbocycles. The molecule has 0 spiro atoms. The van der Waals surface area contributed by atoms with Crippen LogP contribution in [-0.4, -0.2) is 25.6 Å². The molecule has 3 heterocycles. The molecule has 0 aliphatic rings. The third-order valence-electron chi connectivity index (χ3n) is 4.46. The number of nitrogens with zero attached hydrogens (tertiary/aromatic N) is 5. The smallest absolute Gasteiger partial charge is 0.171 e. The standard InChI is InChI=1S/C21H19ClN6O/c1-13-10-14(2)28(26-13)19-8-6-16(11-25-19)21(23)27-29-12-17-18(22)7-5-15-4-3-9-24-20(15)17/h3-11H,12H2,1-2H3,(H2,23,27). The van der Waals surface area contributed by atoms with Crippen LogP contribution in [0, 0.1) is 13.8 Å². The summed E-state index contributed by atoms with van der Waals surface area (Å²) in [6.45, 7) is 4.08. The zero-order chi connectivity index (χ0) is 20.4. The number of nitrogens with two attached hydrogens (primary N) is 1. The molecule has 0 radical (unpaired) electrons. The fraction of sp³-hybridized carbons (Fsp3) is 0.143. The van der Waals surface area contributed by atoms with Crippen molar-refractivity contribution in [3.05, 3.63) is 82.4 Å². The van der Waals surface area contributed by atoms with E-state index in [4.69, 9.17) is 22.2 Å². The summed E-state index contributed by atoms with van der Waals surface area (Å²) in [4.78, 5) is 14.3. The van der Waals surface area contributed by atoms with Crippen molar-refractivity contribution in [2.24, 2.45) is 10.9 Å². The highest BCUT2D eigenvalue weighted by molar-refractivity contribution is 6.32. The van der Waals surface area contributed by atoms with Crippen molar-refractivity contribution < 1.29 is 4.84 Å². The van der Waals surface area contributed by atoms with Gasteiger partial charge in [-0.2, -0.15) is 5.10 Å². The number of benzene rings is 1. The number of oxime groups is 1. The summed E-state index contributed by atoms with van der Waals surface area (Å²) >= 11 is 6.31. The van der Waals surface area contributed by atoms with E-state index in [1.54, 1.807) is 17.1 Å². The Morgan fingerprint density at radius 1 is 1.17 bits per heavy atom. The Bertz CT molecular complexity index is 1200. The van der Waals surface area contributed by atoms with Gasteiger partial charge in [0, 0.05) is 39.6 Å². The lowest BCUT2D eigenvalue weighted by Crippen LogP contribution is -2.15. The number of aryl methyl sites for hydroxylation is 2. The Morgan fingerprint density at radius 3 is 2.76 bits per heavy atom. The fourth-order valence-corrected chi connectivity index (χ4v) is 3.27. The Kier molecular flexibility index (Phi) is 5.14. The van der Waals surface area contributed by atoms with Gasteiger partial charge in [-0.15, -0.1) is 0 Å². The summed E-state index contributed by atoms with van der Waals surface area (Å²) < 4.78 is 1.78. The van der Waals surface area contributed by atoms with Crippen molar-refractivity contribution >= 4 is 28.3 Å². The molecular formula is C21H19ClN6O. The molecule has 0 fully saturated rings. The molecule has 0 unspecified atom stereocenters. The van der Waals surface area contributed by atoms with Crippen LogP contribution in [0.1, 0.15) is 22.5 Å². The van der Waals surface area contributed by atoms with Crippen molar-refractivity contribution in [1.29, 1.82) is 0 Å². The van der Waals surface area contributed by atoms with E-state index in [2.05, 4.69) is 20.2 Å². The lowest BCUT2D eigenvalue weighted by Gasteiger charge is -2.08. The van der Waals surface area contributed by atoms with Crippen molar-refractivity contribution in [3.63, 3.8) is 0 Å². The van der Waals surface area contributed by atoms with Crippen molar-refractivity contribution in [1.82, 2.24) is 19.7 Å². The highest BCUT2D eigenvalue weighted by atomic mass is 35.5. The number of aromatic nitrogens is 4. The molecule has 0 aliphatic heterocycles. The molecule has 3 aromatic heterocycles. The van der Waals surface area contributed by atoms with Gasteiger partial charge in [-0.3, -0.25) is 4.98 Å². The summed E-state index contributed by atoms with van der Waals surface area (Å²) in [5.74, 6) is 0.934. The highest BCUT2D eigenvalue weighted by Gasteiger charge is 2.09. The molecule has 1 aromatic carbocycles. The van der Waals surface area contributed by atoms with Gasteiger partial charge in [-0.25, -0.2) is 9.67 Å². The van der Waals surface area contributed by atoms with Gasteiger partial charge < -0.3 is 10.6 Å². The second-order valence-corrected chi connectivity index (χ2v) is 7.00. The van der Waals surface area contributed by atoms with Gasteiger partial charge in [0.25, 0.3) is 0 Å². The van der Waals surface area contributed by atoms with Crippen LogP contribution in [0.25, 0.3) is 16.7 Å². The first kappa shape index (κ1) is 18.9. The third kappa shape index (κ3) is 3.90. The number of halogens is 1. The summed E-state index contributed by atoms with van der Waals surface area (Å²) in [5.41, 5.74) is 10.2. The fourth-order valence-electron chi connectivity index (χ4n) is 3.06. The normalized spacial score (nSPS) is 11.8. The lowest BCUT2D eigenvalue weighted by atomic mass is 10.1. The van der Waals surface area contributed by atoms with E-state index in [1.807, 2.05) is 56.3 Å². The predicted molar refractivity (Wildman–Crippen MR) is 113 cm³/mol. The molecule has 0 bridgehead atoms. The number of rotatable bonds is 5. The van der Waals surface area contributed by atoms with Gasteiger partial charge in [-0.05, 0) is 44.2 Å². The number of hydrogen-bond donors (Lipinski definition) is 1. The third-order valence-corrected chi connectivity index (χ3v) is 4.82. The van der Waals surface area contributed by atoms with Crippen LogP contribution in [0.5, 0.6) is 0 Å². The Balaban J connectivity index is 1.50. The molecule has 0 atom stereocenters. The minimum Gasteiger partial charge on any atom is -0.389 e. The van der Waals surface area contributed by atoms with Crippen molar-refractivity contribution in [2.75, 3.05) is 0 Å². The van der Waals surface area contributed by atoms with Gasteiger partial charge >= 0.3 is 0 Å². The number of amidine groups is 1. The average molecular weight is 407 g/mol. The van der Waals surface area contributed by atoms with Crippen LogP contribution in [0.2, 0.25) is 5.02 Å². The van der Waals surface area contributed by atoms with E-state index in [0.717, 1.165) is 27.9 Å². The Hall–Kier alpha value is -3.45. The first-order valence-corrected chi connectivity index (χ1v) is 9.38. The van der Waals surface area contributed by atoms with E-state index in [0.29, 0.717) is 16.4 Å². The van der Waals surface area contributed by atoms with E-state index in [9.17, 15) is 0 Å². The molecule has 4 rings (SSSR count). The monoisotopic (exact) mass is 406 g/mol. The van der Waals surface area contributed by atoms with Gasteiger partial charge in [-0.1, -0.05) is 28.9 Å². The van der Waals surface area contributed by atoms with E-state index < -0.39 is 0 Å².